The molecule has 32 heavy (non-hydrogen) atoms. The Balaban J connectivity index is 2.94. The van der Waals surface area contributed by atoms with E-state index in [1.807, 2.05) is 23.5 Å². The first-order valence-corrected chi connectivity index (χ1v) is 14.7. The second kappa shape index (κ2) is 14.1. The lowest BCUT2D eigenvalue weighted by Crippen LogP contribution is -2.47. The van der Waals surface area contributed by atoms with Crippen molar-refractivity contribution in [2.24, 2.45) is 47.3 Å². The molecule has 1 saturated carbocycles. The second-order valence-corrected chi connectivity index (χ2v) is 13.2. The van der Waals surface area contributed by atoms with E-state index in [1.54, 1.807) is 14.1 Å². The van der Waals surface area contributed by atoms with Gasteiger partial charge in [-0.15, -0.1) is 23.5 Å². The summed E-state index contributed by atoms with van der Waals surface area (Å²) in [5, 5.41) is 6.57. The lowest BCUT2D eigenvalue weighted by molar-refractivity contribution is -0.118. The molecule has 0 aromatic rings. The van der Waals surface area contributed by atoms with Crippen molar-refractivity contribution in [2.45, 2.75) is 78.7 Å². The fourth-order valence-corrected chi connectivity index (χ4v) is 7.94. The summed E-state index contributed by atoms with van der Waals surface area (Å²) in [5.41, 5.74) is 0. The van der Waals surface area contributed by atoms with Gasteiger partial charge in [-0.1, -0.05) is 55.4 Å². The molecule has 1 unspecified atom stereocenters. The number of nitrogens with one attached hydrogen (secondary N) is 2. The van der Waals surface area contributed by atoms with Crippen LogP contribution in [0.25, 0.3) is 0 Å². The van der Waals surface area contributed by atoms with Crippen molar-refractivity contribution in [1.29, 1.82) is 0 Å². The van der Waals surface area contributed by atoms with Crippen LogP contribution in [-0.4, -0.2) is 47.9 Å². The van der Waals surface area contributed by atoms with Crippen LogP contribution in [0.2, 0.25) is 0 Å². The number of thioether (sulfide) groups is 2. The van der Waals surface area contributed by atoms with Gasteiger partial charge in [0.25, 0.3) is 0 Å². The maximum absolute atomic E-state index is 11.9. The molecule has 6 heteroatoms. The van der Waals surface area contributed by atoms with Gasteiger partial charge in [0, 0.05) is 24.6 Å². The standard InChI is InChI=1S/C26H50N2O2S2/c1-15(2)17(5)23(31-13-25(29)27-9)11-21-19(7)20(8)22(21)12-24(18(6)16(3)4)32-14-26(30)28-10/h15-24H,11-14H2,1-10H3,(H,27,29)(H,28,30)/t17-,18+,19+,20-,21+,22-,23-,24?/m1/s1. The third kappa shape index (κ3) is 8.45. The minimum atomic E-state index is 0.124. The van der Waals surface area contributed by atoms with Crippen LogP contribution in [0, 0.1) is 47.3 Å². The molecule has 188 valence electrons. The fourth-order valence-electron chi connectivity index (χ4n) is 4.97. The van der Waals surface area contributed by atoms with Crippen molar-refractivity contribution in [3.63, 3.8) is 0 Å². The maximum atomic E-state index is 11.9. The molecule has 4 nitrogen and oxygen atoms in total. The highest BCUT2D eigenvalue weighted by molar-refractivity contribution is 8.00. The molecule has 1 aliphatic carbocycles. The van der Waals surface area contributed by atoms with Crippen LogP contribution in [0.3, 0.4) is 0 Å². The molecule has 1 fully saturated rings. The zero-order valence-corrected chi connectivity index (χ0v) is 23.9. The highest BCUT2D eigenvalue weighted by Gasteiger charge is 2.47. The number of hydrogen-bond acceptors (Lipinski definition) is 4. The quantitative estimate of drug-likeness (QED) is 0.337. The summed E-state index contributed by atoms with van der Waals surface area (Å²) >= 11 is 3.70. The Kier molecular flexibility index (Phi) is 13.1. The Morgan fingerprint density at radius 1 is 0.688 bits per heavy atom. The first-order chi connectivity index (χ1) is 14.9. The summed E-state index contributed by atoms with van der Waals surface area (Å²) in [5.74, 6) is 6.60. The molecule has 0 aromatic heterocycles. The van der Waals surface area contributed by atoms with Crippen LogP contribution < -0.4 is 10.6 Å². The van der Waals surface area contributed by atoms with Crippen LogP contribution >= 0.6 is 23.5 Å². The van der Waals surface area contributed by atoms with Crippen LogP contribution in [0.15, 0.2) is 0 Å². The smallest absolute Gasteiger partial charge is 0.229 e. The molecule has 8 atom stereocenters. The summed E-state index contributed by atoms with van der Waals surface area (Å²) in [6.45, 7) is 18.8. The Morgan fingerprint density at radius 3 is 1.25 bits per heavy atom. The maximum Gasteiger partial charge on any atom is 0.229 e. The molecular formula is C26H50N2O2S2. The van der Waals surface area contributed by atoms with E-state index in [1.165, 1.54) is 12.8 Å². The molecule has 2 amide bonds. The summed E-state index contributed by atoms with van der Waals surface area (Å²) in [4.78, 5) is 23.9. The fraction of sp³-hybridized carbons (Fsp3) is 0.923. The van der Waals surface area contributed by atoms with Gasteiger partial charge in [-0.2, -0.15) is 0 Å². The third-order valence-corrected chi connectivity index (χ3v) is 11.4. The molecule has 0 saturated heterocycles. The van der Waals surface area contributed by atoms with E-state index in [4.69, 9.17) is 0 Å². The third-order valence-electron chi connectivity index (χ3n) is 8.43. The summed E-state index contributed by atoms with van der Waals surface area (Å²) in [6, 6.07) is 0. The second-order valence-electron chi connectivity index (χ2n) is 10.8. The molecule has 1 rings (SSSR count). The molecule has 0 heterocycles. The van der Waals surface area contributed by atoms with Crippen molar-refractivity contribution < 1.29 is 9.59 Å². The van der Waals surface area contributed by atoms with Gasteiger partial charge in [0.2, 0.25) is 11.8 Å². The number of carbonyl (C=O) groups is 2. The Labute approximate surface area is 207 Å². The molecule has 0 radical (unpaired) electrons. The Morgan fingerprint density at radius 2 is 1.00 bits per heavy atom. The topological polar surface area (TPSA) is 58.2 Å². The first kappa shape index (κ1) is 29.7. The number of hydrogen-bond donors (Lipinski definition) is 2. The van der Waals surface area contributed by atoms with Crippen LogP contribution in [0.5, 0.6) is 0 Å². The van der Waals surface area contributed by atoms with Gasteiger partial charge in [-0.05, 0) is 60.2 Å². The zero-order chi connectivity index (χ0) is 24.6. The highest BCUT2D eigenvalue weighted by Crippen LogP contribution is 2.53. The van der Waals surface area contributed by atoms with Gasteiger partial charge in [-0.3, -0.25) is 9.59 Å². The molecule has 0 aromatic carbocycles. The first-order valence-electron chi connectivity index (χ1n) is 12.6. The van der Waals surface area contributed by atoms with Gasteiger partial charge in [0.1, 0.15) is 0 Å². The van der Waals surface area contributed by atoms with E-state index in [9.17, 15) is 9.59 Å². The largest absolute Gasteiger partial charge is 0.358 e. The lowest BCUT2D eigenvalue weighted by atomic mass is 9.54. The van der Waals surface area contributed by atoms with Crippen LogP contribution in [0.4, 0.5) is 0 Å². The average molecular weight is 487 g/mol. The van der Waals surface area contributed by atoms with Crippen molar-refractivity contribution in [3.05, 3.63) is 0 Å². The predicted molar refractivity (Wildman–Crippen MR) is 143 cm³/mol. The van der Waals surface area contributed by atoms with Crippen LogP contribution in [-0.2, 0) is 9.59 Å². The monoisotopic (exact) mass is 486 g/mol. The zero-order valence-electron chi connectivity index (χ0n) is 22.2. The van der Waals surface area contributed by atoms with Gasteiger partial charge >= 0.3 is 0 Å². The lowest BCUT2D eigenvalue weighted by Gasteiger charge is -2.53. The minimum absolute atomic E-state index is 0.124. The Hall–Kier alpha value is -0.360. The van der Waals surface area contributed by atoms with Crippen molar-refractivity contribution >= 4 is 35.3 Å². The number of amides is 2. The molecule has 0 spiro atoms. The van der Waals surface area contributed by atoms with E-state index in [0.29, 0.717) is 57.5 Å². The van der Waals surface area contributed by atoms with E-state index in [2.05, 4.69) is 66.0 Å². The molecule has 0 aliphatic heterocycles. The molecule has 1 aliphatic rings. The summed E-state index contributed by atoms with van der Waals surface area (Å²) in [6.07, 6.45) is 2.39. The van der Waals surface area contributed by atoms with Gasteiger partial charge in [0.05, 0.1) is 11.5 Å². The predicted octanol–water partition coefficient (Wildman–Crippen LogP) is 5.56. The summed E-state index contributed by atoms with van der Waals surface area (Å²) in [7, 11) is 3.45. The Bertz CT molecular complexity index is 534. The molecular weight excluding hydrogens is 436 g/mol. The minimum Gasteiger partial charge on any atom is -0.358 e. The average Bonchev–Trinajstić information content (AvgIpc) is 2.77. The highest BCUT2D eigenvalue weighted by atomic mass is 32.2. The van der Waals surface area contributed by atoms with Gasteiger partial charge in [-0.25, -0.2) is 0 Å². The molecule has 2 N–H and O–H groups in total. The van der Waals surface area contributed by atoms with E-state index >= 15 is 0 Å². The van der Waals surface area contributed by atoms with Crippen molar-refractivity contribution in [2.75, 3.05) is 25.6 Å². The normalized spacial score (nSPS) is 26.9. The van der Waals surface area contributed by atoms with Gasteiger partial charge < -0.3 is 10.6 Å². The van der Waals surface area contributed by atoms with E-state index < -0.39 is 0 Å². The SMILES string of the molecule is CNC(=O)CSC(C[C@@H]1[C@H](C)[C@H](C)[C@@H]1C[C@@H](SCC(=O)NC)[C@H](C)C(C)C)[C@@H](C)C(C)C. The van der Waals surface area contributed by atoms with Crippen molar-refractivity contribution in [1.82, 2.24) is 10.6 Å². The van der Waals surface area contributed by atoms with Crippen LogP contribution in [0.1, 0.15) is 68.2 Å². The summed E-state index contributed by atoms with van der Waals surface area (Å²) < 4.78 is 0. The van der Waals surface area contributed by atoms with E-state index in [0.717, 1.165) is 11.8 Å². The molecule has 0 bridgehead atoms. The van der Waals surface area contributed by atoms with Crippen molar-refractivity contribution in [3.8, 4) is 0 Å². The number of rotatable bonds is 14. The van der Waals surface area contributed by atoms with Gasteiger partial charge in [0.15, 0.2) is 0 Å². The van der Waals surface area contributed by atoms with E-state index in [-0.39, 0.29) is 11.8 Å². The number of carbonyl (C=O) groups excluding carboxylic acids is 2.